The van der Waals surface area contributed by atoms with Crippen LogP contribution in [-0.4, -0.2) is 23.8 Å². The third-order valence-corrected chi connectivity index (χ3v) is 3.41. The zero-order valence-corrected chi connectivity index (χ0v) is 10.6. The van der Waals surface area contributed by atoms with Crippen molar-refractivity contribution in [2.75, 3.05) is 6.61 Å². The third-order valence-electron chi connectivity index (χ3n) is 3.41. The van der Waals surface area contributed by atoms with Crippen LogP contribution in [0.15, 0.2) is 0 Å². The van der Waals surface area contributed by atoms with Gasteiger partial charge in [-0.2, -0.15) is 5.26 Å². The Balaban J connectivity index is 2.19. The molecule has 1 saturated carbocycles. The first-order chi connectivity index (χ1) is 7.94. The predicted octanol–water partition coefficient (Wildman–Crippen LogP) is 2.59. The van der Waals surface area contributed by atoms with E-state index in [-0.39, 0.29) is 17.4 Å². The molecule has 0 saturated heterocycles. The molecule has 0 aromatic heterocycles. The molecule has 0 radical (unpaired) electrons. The van der Waals surface area contributed by atoms with Gasteiger partial charge in [0.25, 0.3) is 0 Å². The highest BCUT2D eigenvalue weighted by atomic mass is 16.5. The maximum absolute atomic E-state index is 10.8. The molecule has 0 amide bonds. The van der Waals surface area contributed by atoms with Gasteiger partial charge in [0.1, 0.15) is 0 Å². The maximum Gasteiger partial charge on any atom is 0.306 e. The van der Waals surface area contributed by atoms with Gasteiger partial charge in [-0.3, -0.25) is 4.79 Å². The van der Waals surface area contributed by atoms with Crippen LogP contribution in [-0.2, 0) is 9.53 Å². The summed E-state index contributed by atoms with van der Waals surface area (Å²) in [5.41, 5.74) is -0.335. The lowest BCUT2D eigenvalue weighted by Crippen LogP contribution is -2.27. The Bertz CT molecular complexity index is 298. The minimum Gasteiger partial charge on any atom is -0.481 e. The molecule has 1 fully saturated rings. The standard InChI is InChI=1S/C13H21NO3/c1-13(2,9-14)7-8-17-11-5-3-10(4-6-11)12(15)16/h10-11H,3-8H2,1-2H3,(H,15,16). The first kappa shape index (κ1) is 14.0. The number of hydrogen-bond donors (Lipinski definition) is 1. The minimum atomic E-state index is -0.686. The zero-order chi connectivity index (χ0) is 12.9. The van der Waals surface area contributed by atoms with Gasteiger partial charge in [0.15, 0.2) is 0 Å². The van der Waals surface area contributed by atoms with E-state index in [4.69, 9.17) is 15.1 Å². The Morgan fingerprint density at radius 1 is 1.41 bits per heavy atom. The molecule has 1 aliphatic carbocycles. The lowest BCUT2D eigenvalue weighted by atomic mass is 9.87. The SMILES string of the molecule is CC(C)(C#N)CCOC1CCC(C(=O)O)CC1. The van der Waals surface area contributed by atoms with Crippen molar-refractivity contribution in [1.82, 2.24) is 0 Å². The second kappa shape index (κ2) is 6.02. The zero-order valence-electron chi connectivity index (χ0n) is 10.6. The fourth-order valence-corrected chi connectivity index (χ4v) is 2.01. The summed E-state index contributed by atoms with van der Waals surface area (Å²) in [5, 5.41) is 17.7. The molecule has 0 spiro atoms. The van der Waals surface area contributed by atoms with Crippen LogP contribution in [0.1, 0.15) is 46.0 Å². The molecule has 0 atom stereocenters. The minimum absolute atomic E-state index is 0.181. The number of nitrogens with zero attached hydrogens (tertiary/aromatic N) is 1. The monoisotopic (exact) mass is 239 g/mol. The van der Waals surface area contributed by atoms with Crippen LogP contribution in [0.3, 0.4) is 0 Å². The third kappa shape index (κ3) is 4.74. The van der Waals surface area contributed by atoms with E-state index < -0.39 is 5.97 Å². The fourth-order valence-electron chi connectivity index (χ4n) is 2.01. The highest BCUT2D eigenvalue weighted by Gasteiger charge is 2.26. The van der Waals surface area contributed by atoms with E-state index in [1.807, 2.05) is 13.8 Å². The van der Waals surface area contributed by atoms with Crippen LogP contribution in [0, 0.1) is 22.7 Å². The normalized spacial score (nSPS) is 25.2. The van der Waals surface area contributed by atoms with E-state index >= 15 is 0 Å². The van der Waals surface area contributed by atoms with Crippen LogP contribution in [0.2, 0.25) is 0 Å². The molecule has 96 valence electrons. The Morgan fingerprint density at radius 2 is 2.00 bits per heavy atom. The van der Waals surface area contributed by atoms with Crippen molar-refractivity contribution in [2.24, 2.45) is 11.3 Å². The lowest BCUT2D eigenvalue weighted by Gasteiger charge is -2.27. The van der Waals surface area contributed by atoms with Crippen LogP contribution < -0.4 is 0 Å². The number of carboxylic acids is 1. The molecule has 4 nitrogen and oxygen atoms in total. The van der Waals surface area contributed by atoms with E-state index in [0.29, 0.717) is 19.4 Å². The number of carboxylic acid groups (broad SMARTS) is 1. The first-order valence-corrected chi connectivity index (χ1v) is 6.20. The predicted molar refractivity (Wildman–Crippen MR) is 63.3 cm³/mol. The van der Waals surface area contributed by atoms with Crippen LogP contribution in [0.25, 0.3) is 0 Å². The average Bonchev–Trinajstić information content (AvgIpc) is 2.29. The molecule has 1 N–H and O–H groups in total. The van der Waals surface area contributed by atoms with Gasteiger partial charge in [-0.15, -0.1) is 0 Å². The van der Waals surface area contributed by atoms with Gasteiger partial charge in [-0.05, 0) is 46.0 Å². The van der Waals surface area contributed by atoms with Gasteiger partial charge >= 0.3 is 5.97 Å². The van der Waals surface area contributed by atoms with Crippen molar-refractivity contribution < 1.29 is 14.6 Å². The van der Waals surface area contributed by atoms with E-state index in [1.54, 1.807) is 0 Å². The van der Waals surface area contributed by atoms with E-state index in [1.165, 1.54) is 0 Å². The molecule has 1 rings (SSSR count). The molecule has 1 aliphatic rings. The summed E-state index contributed by atoms with van der Waals surface area (Å²) in [5.74, 6) is -0.875. The van der Waals surface area contributed by atoms with Crippen molar-refractivity contribution >= 4 is 5.97 Å². The van der Waals surface area contributed by atoms with Crippen molar-refractivity contribution in [3.05, 3.63) is 0 Å². The quantitative estimate of drug-likeness (QED) is 0.800. The van der Waals surface area contributed by atoms with Gasteiger partial charge < -0.3 is 9.84 Å². The topological polar surface area (TPSA) is 70.3 Å². The number of nitriles is 1. The molecule has 0 aromatic rings. The number of rotatable bonds is 5. The largest absolute Gasteiger partial charge is 0.481 e. The number of aliphatic carboxylic acids is 1. The Morgan fingerprint density at radius 3 is 2.47 bits per heavy atom. The Hall–Kier alpha value is -1.08. The van der Waals surface area contributed by atoms with Gasteiger partial charge in [0.2, 0.25) is 0 Å². The van der Waals surface area contributed by atoms with Crippen LogP contribution >= 0.6 is 0 Å². The lowest BCUT2D eigenvalue weighted by molar-refractivity contribution is -0.143. The molecular weight excluding hydrogens is 218 g/mol. The second-order valence-corrected chi connectivity index (χ2v) is 5.43. The molecule has 0 aromatic carbocycles. The van der Waals surface area contributed by atoms with E-state index in [2.05, 4.69) is 6.07 Å². The van der Waals surface area contributed by atoms with Gasteiger partial charge in [-0.25, -0.2) is 0 Å². The summed E-state index contributed by atoms with van der Waals surface area (Å²) in [6.45, 7) is 4.39. The van der Waals surface area contributed by atoms with Crippen LogP contribution in [0.4, 0.5) is 0 Å². The fraction of sp³-hybridized carbons (Fsp3) is 0.846. The summed E-state index contributed by atoms with van der Waals surface area (Å²) in [4.78, 5) is 10.8. The summed E-state index contributed by atoms with van der Waals surface area (Å²) in [7, 11) is 0. The number of carbonyl (C=O) groups is 1. The summed E-state index contributed by atoms with van der Waals surface area (Å²) >= 11 is 0. The molecular formula is C13H21NO3. The molecule has 0 bridgehead atoms. The van der Waals surface area contributed by atoms with E-state index in [9.17, 15) is 4.79 Å². The smallest absolute Gasteiger partial charge is 0.306 e. The number of ether oxygens (including phenoxy) is 1. The summed E-state index contributed by atoms with van der Waals surface area (Å²) in [6, 6.07) is 2.24. The molecule has 0 heterocycles. The van der Waals surface area contributed by atoms with Crippen molar-refractivity contribution in [3.63, 3.8) is 0 Å². The first-order valence-electron chi connectivity index (χ1n) is 6.20. The van der Waals surface area contributed by atoms with Gasteiger partial charge in [0.05, 0.1) is 23.5 Å². The Kier molecular flexibility index (Phi) is 4.95. The Labute approximate surface area is 103 Å². The average molecular weight is 239 g/mol. The molecule has 0 aliphatic heterocycles. The number of hydrogen-bond acceptors (Lipinski definition) is 3. The maximum atomic E-state index is 10.8. The second-order valence-electron chi connectivity index (χ2n) is 5.43. The van der Waals surface area contributed by atoms with E-state index in [0.717, 1.165) is 19.3 Å². The summed E-state index contributed by atoms with van der Waals surface area (Å²) in [6.07, 6.45) is 3.97. The van der Waals surface area contributed by atoms with Crippen molar-refractivity contribution in [1.29, 1.82) is 5.26 Å². The molecule has 17 heavy (non-hydrogen) atoms. The molecule has 0 unspecified atom stereocenters. The van der Waals surface area contributed by atoms with Crippen molar-refractivity contribution in [3.8, 4) is 6.07 Å². The van der Waals surface area contributed by atoms with Gasteiger partial charge in [-0.1, -0.05) is 0 Å². The highest BCUT2D eigenvalue weighted by Crippen LogP contribution is 2.27. The summed E-state index contributed by atoms with van der Waals surface area (Å²) < 4.78 is 5.70. The van der Waals surface area contributed by atoms with Crippen molar-refractivity contribution in [2.45, 2.75) is 52.1 Å². The van der Waals surface area contributed by atoms with Crippen LogP contribution in [0.5, 0.6) is 0 Å². The van der Waals surface area contributed by atoms with Gasteiger partial charge in [0, 0.05) is 6.61 Å². The molecule has 4 heteroatoms. The highest BCUT2D eigenvalue weighted by molar-refractivity contribution is 5.70.